The van der Waals surface area contributed by atoms with Crippen LogP contribution in [-0.2, 0) is 28.6 Å². The Hall–Kier alpha value is -1.59. The molecule has 52 heavy (non-hydrogen) atoms. The van der Waals surface area contributed by atoms with Gasteiger partial charge in [0.2, 0.25) is 0 Å². The van der Waals surface area contributed by atoms with E-state index >= 15 is 0 Å². The molecule has 6 heteroatoms. The lowest BCUT2D eigenvalue weighted by atomic mass is 9.99. The van der Waals surface area contributed by atoms with Gasteiger partial charge in [-0.3, -0.25) is 14.4 Å². The van der Waals surface area contributed by atoms with Crippen LogP contribution in [0.5, 0.6) is 0 Å². The van der Waals surface area contributed by atoms with Gasteiger partial charge < -0.3 is 14.2 Å². The molecule has 0 rings (SSSR count). The van der Waals surface area contributed by atoms with Crippen molar-refractivity contribution in [2.24, 2.45) is 11.8 Å². The molecule has 0 aliphatic rings. The predicted octanol–water partition coefficient (Wildman–Crippen LogP) is 14.2. The topological polar surface area (TPSA) is 78.9 Å². The van der Waals surface area contributed by atoms with Crippen molar-refractivity contribution in [2.75, 3.05) is 13.2 Å². The van der Waals surface area contributed by atoms with E-state index in [1.54, 1.807) is 0 Å². The molecule has 0 radical (unpaired) electrons. The fourth-order valence-electron chi connectivity index (χ4n) is 6.72. The summed E-state index contributed by atoms with van der Waals surface area (Å²) in [4.78, 5) is 37.7. The lowest BCUT2D eigenvalue weighted by Crippen LogP contribution is -2.30. The number of hydrogen-bond donors (Lipinski definition) is 0. The molecule has 0 N–H and O–H groups in total. The standard InChI is InChI=1S/C46H88O6/c1-6-8-9-10-11-12-13-14-15-16-21-28-33-38-46(49)52-43(40-51-45(48)37-32-27-23-22-24-29-34-41(3)4)39-50-44(47)36-31-26-20-18-17-19-25-30-35-42(5)7-2/h41-43H,6-40H2,1-5H3/t42?,43-/m1/s1. The first-order valence-electron chi connectivity index (χ1n) is 22.8. The summed E-state index contributed by atoms with van der Waals surface area (Å²) in [7, 11) is 0. The number of carbonyl (C=O) groups excluding carboxylic acids is 3. The number of hydrogen-bond acceptors (Lipinski definition) is 6. The Morgan fingerprint density at radius 3 is 1.10 bits per heavy atom. The van der Waals surface area contributed by atoms with Gasteiger partial charge in [-0.15, -0.1) is 0 Å². The average Bonchev–Trinajstić information content (AvgIpc) is 3.12. The zero-order valence-electron chi connectivity index (χ0n) is 35.4. The van der Waals surface area contributed by atoms with E-state index in [0.29, 0.717) is 19.3 Å². The van der Waals surface area contributed by atoms with E-state index in [1.807, 2.05) is 0 Å². The number of ether oxygens (including phenoxy) is 3. The Morgan fingerprint density at radius 1 is 0.404 bits per heavy atom. The molecule has 6 nitrogen and oxygen atoms in total. The average molecular weight is 737 g/mol. The van der Waals surface area contributed by atoms with Crippen LogP contribution in [0.3, 0.4) is 0 Å². The first kappa shape index (κ1) is 50.4. The van der Waals surface area contributed by atoms with Crippen LogP contribution in [-0.4, -0.2) is 37.2 Å². The maximum absolute atomic E-state index is 12.7. The molecular formula is C46H88O6. The maximum atomic E-state index is 12.7. The van der Waals surface area contributed by atoms with Crippen LogP contribution >= 0.6 is 0 Å². The molecule has 0 amide bonds. The van der Waals surface area contributed by atoms with Gasteiger partial charge in [-0.1, -0.05) is 208 Å². The SMILES string of the molecule is CCCCCCCCCCCCCCCC(=O)O[C@H](COC(=O)CCCCCCCCCCC(C)CC)COC(=O)CCCCCCCCC(C)C. The molecule has 0 saturated heterocycles. The van der Waals surface area contributed by atoms with Crippen molar-refractivity contribution >= 4 is 17.9 Å². The molecule has 0 aromatic heterocycles. The van der Waals surface area contributed by atoms with Crippen LogP contribution < -0.4 is 0 Å². The number of esters is 3. The van der Waals surface area contributed by atoms with E-state index in [4.69, 9.17) is 14.2 Å². The van der Waals surface area contributed by atoms with E-state index in [9.17, 15) is 14.4 Å². The van der Waals surface area contributed by atoms with Gasteiger partial charge in [0.25, 0.3) is 0 Å². The smallest absolute Gasteiger partial charge is 0.306 e. The van der Waals surface area contributed by atoms with Gasteiger partial charge in [-0.2, -0.15) is 0 Å². The third kappa shape index (κ3) is 38.1. The Bertz CT molecular complexity index is 796. The summed E-state index contributed by atoms with van der Waals surface area (Å²) in [5.74, 6) is 0.748. The van der Waals surface area contributed by atoms with Gasteiger partial charge in [0.15, 0.2) is 6.10 Å². The first-order valence-corrected chi connectivity index (χ1v) is 22.8. The Kier molecular flexibility index (Phi) is 37.9. The van der Waals surface area contributed by atoms with E-state index in [1.165, 1.54) is 135 Å². The molecule has 0 saturated carbocycles. The highest BCUT2D eigenvalue weighted by Crippen LogP contribution is 2.17. The molecule has 0 aliphatic carbocycles. The number of unbranched alkanes of at least 4 members (excludes halogenated alkanes) is 24. The number of carbonyl (C=O) groups is 3. The van der Waals surface area contributed by atoms with Crippen molar-refractivity contribution in [3.05, 3.63) is 0 Å². The summed E-state index contributed by atoms with van der Waals surface area (Å²) in [6.45, 7) is 11.3. The molecule has 0 fully saturated rings. The highest BCUT2D eigenvalue weighted by Gasteiger charge is 2.19. The molecule has 0 aromatic carbocycles. The second-order valence-corrected chi connectivity index (χ2v) is 16.4. The molecule has 0 aliphatic heterocycles. The zero-order chi connectivity index (χ0) is 38.3. The zero-order valence-corrected chi connectivity index (χ0v) is 35.4. The van der Waals surface area contributed by atoms with E-state index in [0.717, 1.165) is 69.6 Å². The van der Waals surface area contributed by atoms with Crippen molar-refractivity contribution in [1.29, 1.82) is 0 Å². The van der Waals surface area contributed by atoms with E-state index in [2.05, 4.69) is 34.6 Å². The second kappa shape index (κ2) is 39.1. The van der Waals surface area contributed by atoms with Crippen molar-refractivity contribution in [3.63, 3.8) is 0 Å². The number of rotatable bonds is 40. The Balaban J connectivity index is 4.34. The minimum atomic E-state index is -0.761. The molecular weight excluding hydrogens is 648 g/mol. The molecule has 2 atom stereocenters. The molecule has 0 bridgehead atoms. The highest BCUT2D eigenvalue weighted by atomic mass is 16.6. The maximum Gasteiger partial charge on any atom is 0.306 e. The highest BCUT2D eigenvalue weighted by molar-refractivity contribution is 5.71. The molecule has 308 valence electrons. The van der Waals surface area contributed by atoms with Crippen molar-refractivity contribution in [3.8, 4) is 0 Å². The molecule has 0 heterocycles. The predicted molar refractivity (Wildman–Crippen MR) is 220 cm³/mol. The third-order valence-electron chi connectivity index (χ3n) is 10.6. The summed E-state index contributed by atoms with van der Waals surface area (Å²) >= 11 is 0. The minimum absolute atomic E-state index is 0.0660. The quantitative estimate of drug-likeness (QED) is 0.0354. The fourth-order valence-corrected chi connectivity index (χ4v) is 6.72. The summed E-state index contributed by atoms with van der Waals surface area (Å²) in [5, 5.41) is 0. The first-order chi connectivity index (χ1) is 25.3. The van der Waals surface area contributed by atoms with Gasteiger partial charge in [0.1, 0.15) is 13.2 Å². The molecule has 0 aromatic rings. The Morgan fingerprint density at radius 2 is 0.731 bits per heavy atom. The van der Waals surface area contributed by atoms with Gasteiger partial charge in [0.05, 0.1) is 0 Å². The summed E-state index contributed by atoms with van der Waals surface area (Å²) in [6, 6.07) is 0. The largest absolute Gasteiger partial charge is 0.462 e. The van der Waals surface area contributed by atoms with E-state index in [-0.39, 0.29) is 31.1 Å². The van der Waals surface area contributed by atoms with Crippen LogP contribution in [0.25, 0.3) is 0 Å². The van der Waals surface area contributed by atoms with Crippen molar-refractivity contribution in [2.45, 2.75) is 253 Å². The summed E-state index contributed by atoms with van der Waals surface area (Å²) in [6.07, 6.45) is 36.6. The van der Waals surface area contributed by atoms with Gasteiger partial charge in [-0.05, 0) is 31.1 Å². The lowest BCUT2D eigenvalue weighted by molar-refractivity contribution is -0.167. The van der Waals surface area contributed by atoms with Crippen LogP contribution in [0.4, 0.5) is 0 Å². The normalized spacial score (nSPS) is 12.6. The van der Waals surface area contributed by atoms with Crippen LogP contribution in [0.15, 0.2) is 0 Å². The third-order valence-corrected chi connectivity index (χ3v) is 10.6. The fraction of sp³-hybridized carbons (Fsp3) is 0.935. The van der Waals surface area contributed by atoms with Gasteiger partial charge >= 0.3 is 17.9 Å². The molecule has 1 unspecified atom stereocenters. The second-order valence-electron chi connectivity index (χ2n) is 16.4. The van der Waals surface area contributed by atoms with Crippen LogP contribution in [0, 0.1) is 11.8 Å². The van der Waals surface area contributed by atoms with Crippen molar-refractivity contribution in [1.82, 2.24) is 0 Å². The minimum Gasteiger partial charge on any atom is -0.462 e. The van der Waals surface area contributed by atoms with Crippen LogP contribution in [0.1, 0.15) is 247 Å². The van der Waals surface area contributed by atoms with Gasteiger partial charge in [-0.25, -0.2) is 0 Å². The Labute approximate surface area is 323 Å². The van der Waals surface area contributed by atoms with Crippen molar-refractivity contribution < 1.29 is 28.6 Å². The van der Waals surface area contributed by atoms with Gasteiger partial charge in [0, 0.05) is 19.3 Å². The molecule has 0 spiro atoms. The van der Waals surface area contributed by atoms with Crippen LogP contribution in [0.2, 0.25) is 0 Å². The lowest BCUT2D eigenvalue weighted by Gasteiger charge is -2.18. The monoisotopic (exact) mass is 737 g/mol. The summed E-state index contributed by atoms with van der Waals surface area (Å²) in [5.41, 5.74) is 0. The summed E-state index contributed by atoms with van der Waals surface area (Å²) < 4.78 is 16.7. The van der Waals surface area contributed by atoms with E-state index < -0.39 is 6.10 Å².